The molecule has 0 atom stereocenters. The van der Waals surface area contributed by atoms with Crippen LogP contribution in [0.15, 0.2) is 54.1 Å². The SMILES string of the molecule is CC1=CCC(c2cc(C(=O)C3CCC(c4ccc(C#N)cc4)CC3)c(C)cc2C2CCC2)=C1. The van der Waals surface area contributed by atoms with Crippen LogP contribution >= 0.6 is 0 Å². The van der Waals surface area contributed by atoms with Crippen molar-refractivity contribution in [1.82, 2.24) is 0 Å². The molecule has 2 fully saturated rings. The minimum atomic E-state index is 0.123. The van der Waals surface area contributed by atoms with Crippen LogP contribution < -0.4 is 0 Å². The maximum Gasteiger partial charge on any atom is 0.166 e. The maximum atomic E-state index is 13.7. The van der Waals surface area contributed by atoms with Gasteiger partial charge in [-0.15, -0.1) is 0 Å². The Bertz CT molecular complexity index is 1160. The van der Waals surface area contributed by atoms with Crippen LogP contribution in [0.1, 0.15) is 108 Å². The molecule has 33 heavy (non-hydrogen) atoms. The molecule has 3 aliphatic carbocycles. The molecule has 2 saturated carbocycles. The molecule has 168 valence electrons. The highest BCUT2D eigenvalue weighted by molar-refractivity contribution is 6.00. The molecule has 3 aliphatic rings. The second-order valence-corrected chi connectivity index (χ2v) is 10.4. The third-order valence-electron chi connectivity index (χ3n) is 8.21. The highest BCUT2D eigenvalue weighted by Crippen LogP contribution is 2.44. The molecule has 0 spiro atoms. The van der Waals surface area contributed by atoms with E-state index in [9.17, 15) is 4.79 Å². The molecule has 0 amide bonds. The smallest absolute Gasteiger partial charge is 0.166 e. The summed E-state index contributed by atoms with van der Waals surface area (Å²) in [5, 5.41) is 9.04. The number of Topliss-reactive ketones (excluding diaryl/α,β-unsaturated/α-hetero) is 1. The fourth-order valence-corrected chi connectivity index (χ4v) is 5.92. The molecule has 2 aromatic rings. The topological polar surface area (TPSA) is 40.9 Å². The van der Waals surface area contributed by atoms with Crippen molar-refractivity contribution in [3.8, 4) is 6.07 Å². The van der Waals surface area contributed by atoms with Crippen LogP contribution in [0.2, 0.25) is 0 Å². The number of hydrogen-bond donors (Lipinski definition) is 0. The maximum absolute atomic E-state index is 13.7. The van der Waals surface area contributed by atoms with E-state index in [1.807, 2.05) is 12.1 Å². The highest BCUT2D eigenvalue weighted by atomic mass is 16.1. The van der Waals surface area contributed by atoms with Gasteiger partial charge in [-0.2, -0.15) is 5.26 Å². The number of ketones is 1. The molecular formula is C31H33NO. The fraction of sp³-hybridized carbons (Fsp3) is 0.419. The molecule has 0 bridgehead atoms. The lowest BCUT2D eigenvalue weighted by Gasteiger charge is -2.31. The van der Waals surface area contributed by atoms with Gasteiger partial charge in [-0.1, -0.05) is 42.3 Å². The standard InChI is InChI=1S/C31H33NO/c1-20-6-9-27(16-20)30-18-28(21(2)17-29(30)25-4-3-5-25)31(33)26-14-12-24(13-15-26)23-10-7-22(19-32)8-11-23/h6-8,10-11,16-18,24-26H,3-5,9,12-15H2,1-2H3. The lowest BCUT2D eigenvalue weighted by Crippen LogP contribution is -2.22. The van der Waals surface area contributed by atoms with Crippen molar-refractivity contribution in [3.63, 3.8) is 0 Å². The van der Waals surface area contributed by atoms with Gasteiger partial charge in [0.15, 0.2) is 5.78 Å². The van der Waals surface area contributed by atoms with Gasteiger partial charge in [-0.05, 0) is 117 Å². The quantitative estimate of drug-likeness (QED) is 0.446. The predicted molar refractivity (Wildman–Crippen MR) is 134 cm³/mol. The molecule has 0 unspecified atom stereocenters. The van der Waals surface area contributed by atoms with Crippen LogP contribution in [0, 0.1) is 24.2 Å². The molecular weight excluding hydrogens is 402 g/mol. The Kier molecular flexibility index (Phi) is 6.07. The lowest BCUT2D eigenvalue weighted by atomic mass is 9.73. The summed E-state index contributed by atoms with van der Waals surface area (Å²) in [7, 11) is 0. The largest absolute Gasteiger partial charge is 0.294 e. The Hall–Kier alpha value is -2.92. The molecule has 2 nitrogen and oxygen atoms in total. The van der Waals surface area contributed by atoms with Crippen molar-refractivity contribution < 1.29 is 4.79 Å². The zero-order valence-electron chi connectivity index (χ0n) is 19.9. The summed E-state index contributed by atoms with van der Waals surface area (Å²) < 4.78 is 0. The monoisotopic (exact) mass is 435 g/mol. The van der Waals surface area contributed by atoms with Crippen LogP contribution in [0.3, 0.4) is 0 Å². The van der Waals surface area contributed by atoms with E-state index in [0.29, 0.717) is 23.2 Å². The summed E-state index contributed by atoms with van der Waals surface area (Å²) in [6.07, 6.45) is 13.5. The molecule has 2 aromatic carbocycles. The van der Waals surface area contributed by atoms with Gasteiger partial charge < -0.3 is 0 Å². The second kappa shape index (κ2) is 9.14. The molecule has 0 saturated heterocycles. The van der Waals surface area contributed by atoms with Crippen molar-refractivity contribution in [2.45, 2.75) is 77.0 Å². The van der Waals surface area contributed by atoms with E-state index >= 15 is 0 Å². The first-order valence-corrected chi connectivity index (χ1v) is 12.6. The Morgan fingerprint density at radius 2 is 1.67 bits per heavy atom. The Balaban J connectivity index is 1.35. The number of carbonyl (C=O) groups excluding carboxylic acids is 1. The summed E-state index contributed by atoms with van der Waals surface area (Å²) in [6.45, 7) is 4.30. The molecule has 0 aliphatic heterocycles. The molecule has 5 rings (SSSR count). The molecule has 0 radical (unpaired) electrons. The highest BCUT2D eigenvalue weighted by Gasteiger charge is 2.31. The van der Waals surface area contributed by atoms with Crippen molar-refractivity contribution in [2.24, 2.45) is 5.92 Å². The lowest BCUT2D eigenvalue weighted by molar-refractivity contribution is 0.0883. The first kappa shape index (κ1) is 21.9. The number of nitrogens with zero attached hydrogens (tertiary/aromatic N) is 1. The van der Waals surface area contributed by atoms with Gasteiger partial charge in [0.1, 0.15) is 0 Å². The molecule has 0 aromatic heterocycles. The van der Waals surface area contributed by atoms with Crippen LogP contribution in [-0.2, 0) is 0 Å². The Labute approximate surface area is 198 Å². The van der Waals surface area contributed by atoms with E-state index in [0.717, 1.165) is 43.2 Å². The summed E-state index contributed by atoms with van der Waals surface area (Å²) in [6, 6.07) is 14.8. The van der Waals surface area contributed by atoms with E-state index in [1.165, 1.54) is 47.1 Å². The number of rotatable bonds is 5. The Morgan fingerprint density at radius 1 is 0.939 bits per heavy atom. The van der Waals surface area contributed by atoms with Gasteiger partial charge in [0.05, 0.1) is 11.6 Å². The third-order valence-corrected chi connectivity index (χ3v) is 8.21. The van der Waals surface area contributed by atoms with E-state index in [-0.39, 0.29) is 5.92 Å². The average molecular weight is 436 g/mol. The summed E-state index contributed by atoms with van der Waals surface area (Å²) in [5.41, 5.74) is 9.62. The van der Waals surface area contributed by atoms with E-state index in [4.69, 9.17) is 5.26 Å². The van der Waals surface area contributed by atoms with Crippen molar-refractivity contribution in [2.75, 3.05) is 0 Å². The first-order valence-electron chi connectivity index (χ1n) is 12.6. The number of carbonyl (C=O) groups is 1. The van der Waals surface area contributed by atoms with Crippen molar-refractivity contribution in [3.05, 3.63) is 87.5 Å². The normalized spacial score (nSPS) is 22.8. The zero-order chi connectivity index (χ0) is 22.9. The predicted octanol–water partition coefficient (Wildman–Crippen LogP) is 8.02. The minimum Gasteiger partial charge on any atom is -0.294 e. The van der Waals surface area contributed by atoms with Gasteiger partial charge in [-0.25, -0.2) is 0 Å². The van der Waals surface area contributed by atoms with Gasteiger partial charge in [0, 0.05) is 11.5 Å². The fourth-order valence-electron chi connectivity index (χ4n) is 5.92. The van der Waals surface area contributed by atoms with Crippen molar-refractivity contribution in [1.29, 1.82) is 5.26 Å². The Morgan fingerprint density at radius 3 is 2.24 bits per heavy atom. The average Bonchev–Trinajstić information content (AvgIpc) is 3.24. The molecule has 2 heteroatoms. The number of aryl methyl sites for hydroxylation is 1. The summed E-state index contributed by atoms with van der Waals surface area (Å²) >= 11 is 0. The van der Waals surface area contributed by atoms with E-state index in [2.05, 4.69) is 56.3 Å². The zero-order valence-corrected chi connectivity index (χ0v) is 19.9. The number of nitriles is 1. The van der Waals surface area contributed by atoms with Crippen LogP contribution in [0.25, 0.3) is 5.57 Å². The van der Waals surface area contributed by atoms with E-state index < -0.39 is 0 Å². The minimum absolute atomic E-state index is 0.123. The van der Waals surface area contributed by atoms with Gasteiger partial charge in [0.2, 0.25) is 0 Å². The summed E-state index contributed by atoms with van der Waals surface area (Å²) in [5.74, 6) is 1.62. The third kappa shape index (κ3) is 4.34. The number of hydrogen-bond acceptors (Lipinski definition) is 2. The second-order valence-electron chi connectivity index (χ2n) is 10.4. The number of allylic oxidation sites excluding steroid dienone is 4. The van der Waals surface area contributed by atoms with Crippen LogP contribution in [0.4, 0.5) is 0 Å². The molecule has 0 N–H and O–H groups in total. The van der Waals surface area contributed by atoms with Gasteiger partial charge in [0.25, 0.3) is 0 Å². The van der Waals surface area contributed by atoms with E-state index in [1.54, 1.807) is 0 Å². The van der Waals surface area contributed by atoms with Crippen LogP contribution in [-0.4, -0.2) is 5.78 Å². The van der Waals surface area contributed by atoms with Crippen LogP contribution in [0.5, 0.6) is 0 Å². The molecule has 0 heterocycles. The van der Waals surface area contributed by atoms with Crippen molar-refractivity contribution >= 4 is 11.4 Å². The first-order chi connectivity index (χ1) is 16.0. The number of benzene rings is 2. The summed E-state index contributed by atoms with van der Waals surface area (Å²) in [4.78, 5) is 13.7. The van der Waals surface area contributed by atoms with Gasteiger partial charge in [-0.3, -0.25) is 4.79 Å². The van der Waals surface area contributed by atoms with Gasteiger partial charge >= 0.3 is 0 Å².